The van der Waals surface area contributed by atoms with Gasteiger partial charge in [0.2, 0.25) is 18.3 Å². The lowest BCUT2D eigenvalue weighted by molar-refractivity contribution is -0.574. The lowest BCUT2D eigenvalue weighted by Gasteiger charge is -1.94. The molecular formula is C6H9ClN4O3. The van der Waals surface area contributed by atoms with Gasteiger partial charge in [0.25, 0.3) is 0 Å². The zero-order chi connectivity index (χ0) is 10.4. The molecule has 78 valence electrons. The first kappa shape index (κ1) is 10.7. The molecule has 0 unspecified atom stereocenters. The number of halogens is 1. The first-order valence-corrected chi connectivity index (χ1v) is 4.44. The molecule has 0 atom stereocenters. The Morgan fingerprint density at radius 2 is 2.50 bits per heavy atom. The summed E-state index contributed by atoms with van der Waals surface area (Å²) in [6, 6.07) is 0. The minimum absolute atomic E-state index is 0.120. The van der Waals surface area contributed by atoms with Crippen molar-refractivity contribution in [2.24, 2.45) is 5.28 Å². The molecule has 0 radical (unpaired) electrons. The minimum atomic E-state index is -0.125. The highest BCUT2D eigenvalue weighted by Crippen LogP contribution is 2.01. The Balaban J connectivity index is 2.51. The van der Waals surface area contributed by atoms with Crippen LogP contribution in [0.25, 0.3) is 0 Å². The molecule has 0 aliphatic heterocycles. The zero-order valence-electron chi connectivity index (χ0n) is 7.51. The minimum Gasteiger partial charge on any atom is -0.597 e. The van der Waals surface area contributed by atoms with Crippen LogP contribution in [0.3, 0.4) is 0 Å². The average Bonchev–Trinajstić information content (AvgIpc) is 2.62. The monoisotopic (exact) mass is 220 g/mol. The number of hydroxylamine groups is 1. The number of aromatic nitrogens is 2. The van der Waals surface area contributed by atoms with E-state index in [1.165, 1.54) is 0 Å². The van der Waals surface area contributed by atoms with Gasteiger partial charge in [-0.05, 0) is 11.8 Å². The molecule has 7 nitrogen and oxygen atoms in total. The maximum absolute atomic E-state index is 10.9. The van der Waals surface area contributed by atoms with Gasteiger partial charge in [-0.25, -0.2) is 0 Å². The van der Waals surface area contributed by atoms with Crippen LogP contribution in [0.1, 0.15) is 18.6 Å². The van der Waals surface area contributed by atoms with Gasteiger partial charge in [0.05, 0.1) is 0 Å². The van der Waals surface area contributed by atoms with E-state index in [1.54, 1.807) is 6.92 Å². The van der Waals surface area contributed by atoms with Gasteiger partial charge in [0.15, 0.2) is 5.28 Å². The second-order valence-corrected chi connectivity index (χ2v) is 2.51. The Morgan fingerprint density at radius 3 is 3.07 bits per heavy atom. The fraction of sp³-hybridized carbons (Fsp3) is 0.667. The van der Waals surface area contributed by atoms with Crippen molar-refractivity contribution in [2.45, 2.75) is 19.3 Å². The second-order valence-electron chi connectivity index (χ2n) is 2.25. The van der Waals surface area contributed by atoms with Crippen LogP contribution in [-0.2, 0) is 17.3 Å². The van der Waals surface area contributed by atoms with Crippen LogP contribution >= 0.6 is 11.6 Å². The lowest BCUT2D eigenvalue weighted by atomic mass is 10.6. The van der Waals surface area contributed by atoms with Gasteiger partial charge >= 0.3 is 0 Å². The summed E-state index contributed by atoms with van der Waals surface area (Å²) in [5.74, 6) is 0.611. The van der Waals surface area contributed by atoms with Crippen LogP contribution in [0.5, 0.6) is 0 Å². The van der Waals surface area contributed by atoms with Crippen molar-refractivity contribution in [1.29, 1.82) is 0 Å². The van der Waals surface area contributed by atoms with Crippen LogP contribution in [0.15, 0.2) is 9.80 Å². The maximum atomic E-state index is 10.9. The lowest BCUT2D eigenvalue weighted by Crippen LogP contribution is -2.03. The number of nitrogens with zero attached hydrogens (tertiary/aromatic N) is 4. The van der Waals surface area contributed by atoms with E-state index in [2.05, 4.69) is 24.8 Å². The summed E-state index contributed by atoms with van der Waals surface area (Å²) in [6.07, 6.45) is 0. The van der Waals surface area contributed by atoms with Gasteiger partial charge in [-0.3, -0.25) is 0 Å². The van der Waals surface area contributed by atoms with Crippen LogP contribution in [0, 0.1) is 5.21 Å². The summed E-state index contributed by atoms with van der Waals surface area (Å²) in [5.41, 5.74) is 0. The van der Waals surface area contributed by atoms with E-state index in [1.807, 2.05) is 0 Å². The first-order chi connectivity index (χ1) is 6.76. The van der Waals surface area contributed by atoms with Crippen molar-refractivity contribution >= 4 is 11.6 Å². The van der Waals surface area contributed by atoms with Crippen LogP contribution in [-0.4, -0.2) is 21.6 Å². The summed E-state index contributed by atoms with van der Waals surface area (Å²) in [6.45, 7) is 1.93. The van der Waals surface area contributed by atoms with E-state index in [9.17, 15) is 5.21 Å². The van der Waals surface area contributed by atoms with E-state index >= 15 is 0 Å². The number of rotatable bonds is 5. The van der Waals surface area contributed by atoms with Gasteiger partial charge in [0.1, 0.15) is 12.5 Å². The van der Waals surface area contributed by atoms with Gasteiger partial charge in [0, 0.05) is 0 Å². The summed E-state index contributed by atoms with van der Waals surface area (Å²) in [4.78, 5) is 8.66. The Morgan fingerprint density at radius 1 is 1.71 bits per heavy atom. The molecule has 0 aliphatic carbocycles. The number of hydrogen-bond donors (Lipinski definition) is 0. The molecule has 0 saturated carbocycles. The third kappa shape index (κ3) is 3.17. The maximum Gasteiger partial charge on any atom is 0.246 e. The molecule has 0 bridgehead atoms. The molecule has 0 spiro atoms. The van der Waals surface area contributed by atoms with Crippen LogP contribution < -0.4 is 0 Å². The van der Waals surface area contributed by atoms with Gasteiger partial charge < -0.3 is 14.6 Å². The van der Waals surface area contributed by atoms with E-state index < -0.39 is 0 Å². The highest BCUT2D eigenvalue weighted by molar-refractivity contribution is 6.16. The molecule has 14 heavy (non-hydrogen) atoms. The Labute approximate surface area is 84.9 Å². The largest absolute Gasteiger partial charge is 0.597 e. The Hall–Kier alpha value is -1.37. The van der Waals surface area contributed by atoms with E-state index in [0.717, 1.165) is 0 Å². The third-order valence-corrected chi connectivity index (χ3v) is 1.41. The average molecular weight is 221 g/mol. The van der Waals surface area contributed by atoms with Crippen molar-refractivity contribution in [3.63, 3.8) is 0 Å². The summed E-state index contributed by atoms with van der Waals surface area (Å²) in [7, 11) is 0. The molecule has 0 saturated heterocycles. The zero-order valence-corrected chi connectivity index (χ0v) is 8.27. The fourth-order valence-corrected chi connectivity index (χ4v) is 0.789. The van der Waals surface area contributed by atoms with Crippen molar-refractivity contribution < 1.29 is 14.2 Å². The number of hydrogen-bond acceptors (Lipinski definition) is 6. The van der Waals surface area contributed by atoms with Crippen molar-refractivity contribution in [3.05, 3.63) is 16.9 Å². The predicted octanol–water partition coefficient (Wildman–Crippen LogP) is 1.22. The van der Waals surface area contributed by atoms with Crippen LogP contribution in [0.4, 0.5) is 0 Å². The van der Waals surface area contributed by atoms with Crippen LogP contribution in [0.2, 0.25) is 0 Å². The normalized spacial score (nSPS) is 11.7. The van der Waals surface area contributed by atoms with Crippen molar-refractivity contribution in [1.82, 2.24) is 10.1 Å². The molecule has 1 aromatic rings. The van der Waals surface area contributed by atoms with Gasteiger partial charge in [-0.1, -0.05) is 5.16 Å². The topological polar surface area (TPSA) is 86.6 Å². The predicted molar refractivity (Wildman–Crippen MR) is 45.2 cm³/mol. The third-order valence-electron chi connectivity index (χ3n) is 1.18. The molecule has 0 N–H and O–H groups in total. The molecule has 1 heterocycles. The van der Waals surface area contributed by atoms with Gasteiger partial charge in [-0.2, -0.15) is 4.98 Å². The number of alkyl halides is 1. The van der Waals surface area contributed by atoms with E-state index in [-0.39, 0.29) is 24.1 Å². The molecule has 0 aromatic carbocycles. The van der Waals surface area contributed by atoms with Crippen molar-refractivity contribution in [2.75, 3.05) is 6.61 Å². The smallest absolute Gasteiger partial charge is 0.246 e. The molecule has 1 rings (SSSR count). The molecule has 1 aromatic heterocycles. The molecule has 0 aliphatic rings. The summed E-state index contributed by atoms with van der Waals surface area (Å²) < 4.78 is 4.68. The fourth-order valence-electron chi connectivity index (χ4n) is 0.681. The second kappa shape index (κ2) is 5.38. The quantitative estimate of drug-likeness (QED) is 0.322. The first-order valence-electron chi connectivity index (χ1n) is 3.91. The van der Waals surface area contributed by atoms with Gasteiger partial charge in [-0.15, -0.1) is 11.6 Å². The van der Waals surface area contributed by atoms with E-state index in [4.69, 9.17) is 11.6 Å². The van der Waals surface area contributed by atoms with E-state index in [0.29, 0.717) is 11.5 Å². The summed E-state index contributed by atoms with van der Waals surface area (Å²) in [5, 5.41) is 17.6. The SMILES string of the molecule is CCON=[N+]([O-])Cc1noc(CCl)n1. The highest BCUT2D eigenvalue weighted by atomic mass is 35.5. The Bertz CT molecular complexity index is 314. The summed E-state index contributed by atoms with van der Waals surface area (Å²) >= 11 is 5.42. The Kier molecular flexibility index (Phi) is 4.11. The van der Waals surface area contributed by atoms with Crippen molar-refractivity contribution in [3.8, 4) is 0 Å². The highest BCUT2D eigenvalue weighted by Gasteiger charge is 2.09. The molecule has 8 heteroatoms. The standard InChI is InChI=1S/C6H9ClN4O3/c1-2-13-10-11(12)4-5-8-6(3-7)14-9-5/h2-4H2,1H3. The molecule has 0 amide bonds. The molecular weight excluding hydrogens is 212 g/mol. The molecule has 0 fully saturated rings.